The fourth-order valence-electron chi connectivity index (χ4n) is 6.14. The summed E-state index contributed by atoms with van der Waals surface area (Å²) in [6, 6.07) is 0. The van der Waals surface area contributed by atoms with Gasteiger partial charge >= 0.3 is 17.9 Å². The van der Waals surface area contributed by atoms with Gasteiger partial charge in [-0.2, -0.15) is 0 Å². The van der Waals surface area contributed by atoms with Crippen LogP contribution < -0.4 is 0 Å². The van der Waals surface area contributed by atoms with Gasteiger partial charge in [0.05, 0.1) is 0 Å². The van der Waals surface area contributed by atoms with Crippen LogP contribution in [0.2, 0.25) is 0 Å². The number of carbonyl (C=O) groups is 3. The van der Waals surface area contributed by atoms with E-state index in [1.54, 1.807) is 0 Å². The van der Waals surface area contributed by atoms with Gasteiger partial charge < -0.3 is 14.2 Å². The largest absolute Gasteiger partial charge is 0.462 e. The van der Waals surface area contributed by atoms with Crippen molar-refractivity contribution >= 4 is 17.9 Å². The van der Waals surface area contributed by atoms with Gasteiger partial charge in [-0.05, 0) is 89.9 Å². The average Bonchev–Trinajstić information content (AvgIpc) is 3.15. The van der Waals surface area contributed by atoms with Gasteiger partial charge in [-0.15, -0.1) is 0 Å². The fourth-order valence-corrected chi connectivity index (χ4v) is 6.14. The van der Waals surface area contributed by atoms with E-state index in [4.69, 9.17) is 14.2 Å². The highest BCUT2D eigenvalue weighted by atomic mass is 16.6. The van der Waals surface area contributed by atoms with Gasteiger partial charge in [-0.1, -0.05) is 154 Å². The lowest BCUT2D eigenvalue weighted by atomic mass is 10.1. The van der Waals surface area contributed by atoms with Crippen molar-refractivity contribution < 1.29 is 28.6 Å². The number of allylic oxidation sites excluding steroid dienone is 6. The summed E-state index contributed by atoms with van der Waals surface area (Å²) in [6.45, 7) is 6.50. The first-order valence-corrected chi connectivity index (χ1v) is 22.5. The molecule has 0 aliphatic heterocycles. The molecule has 0 saturated carbocycles. The molecule has 0 aliphatic carbocycles. The Bertz CT molecular complexity index is 907. The summed E-state index contributed by atoms with van der Waals surface area (Å²) in [6.07, 6.45) is 46.9. The molecule has 0 aliphatic rings. The van der Waals surface area contributed by atoms with E-state index in [9.17, 15) is 14.4 Å². The van der Waals surface area contributed by atoms with E-state index in [-0.39, 0.29) is 31.1 Å². The second kappa shape index (κ2) is 42.4. The fraction of sp³-hybridized carbons (Fsp3) is 0.809. The Hall–Kier alpha value is -2.37. The van der Waals surface area contributed by atoms with E-state index >= 15 is 0 Å². The van der Waals surface area contributed by atoms with Crippen LogP contribution in [0.4, 0.5) is 0 Å². The van der Waals surface area contributed by atoms with Crippen molar-refractivity contribution in [1.29, 1.82) is 0 Å². The lowest BCUT2D eigenvalue weighted by molar-refractivity contribution is -0.167. The van der Waals surface area contributed by atoms with Crippen LogP contribution in [0.3, 0.4) is 0 Å². The predicted octanol–water partition coefficient (Wildman–Crippen LogP) is 14.2. The van der Waals surface area contributed by atoms with Crippen molar-refractivity contribution in [1.82, 2.24) is 0 Å². The number of ether oxygens (including phenoxy) is 3. The van der Waals surface area contributed by atoms with Crippen LogP contribution in [0.5, 0.6) is 0 Å². The molecule has 0 amide bonds. The monoisotopic (exact) mass is 745 g/mol. The SMILES string of the molecule is CCC/C=C\CCCCCCCC(=O)OCC(COC(=O)CCCCCCC/C=C\CCCCCC)OC(=O)CCCCCCC/C=C\CCCCC. The Morgan fingerprint density at radius 3 is 1.06 bits per heavy atom. The molecule has 0 heterocycles. The van der Waals surface area contributed by atoms with Crippen molar-refractivity contribution in [2.45, 2.75) is 232 Å². The zero-order valence-electron chi connectivity index (χ0n) is 35.0. The molecule has 0 fully saturated rings. The lowest BCUT2D eigenvalue weighted by Crippen LogP contribution is -2.30. The third kappa shape index (κ3) is 40.6. The molecule has 0 bridgehead atoms. The van der Waals surface area contributed by atoms with Gasteiger partial charge in [0.25, 0.3) is 0 Å². The average molecular weight is 745 g/mol. The van der Waals surface area contributed by atoms with Crippen molar-refractivity contribution in [2.75, 3.05) is 13.2 Å². The minimum absolute atomic E-state index is 0.0820. The molecule has 0 rings (SSSR count). The second-order valence-electron chi connectivity index (χ2n) is 14.9. The Kier molecular flexibility index (Phi) is 40.5. The Morgan fingerprint density at radius 2 is 0.660 bits per heavy atom. The van der Waals surface area contributed by atoms with Crippen molar-refractivity contribution in [3.8, 4) is 0 Å². The number of hydrogen-bond donors (Lipinski definition) is 0. The molecule has 6 heteroatoms. The molecule has 53 heavy (non-hydrogen) atoms. The minimum Gasteiger partial charge on any atom is -0.462 e. The number of carbonyl (C=O) groups excluding carboxylic acids is 3. The Morgan fingerprint density at radius 1 is 0.358 bits per heavy atom. The molecule has 0 spiro atoms. The topological polar surface area (TPSA) is 78.9 Å². The summed E-state index contributed by atoms with van der Waals surface area (Å²) in [7, 11) is 0. The van der Waals surface area contributed by atoms with Gasteiger partial charge in [0.2, 0.25) is 0 Å². The number of hydrogen-bond acceptors (Lipinski definition) is 6. The van der Waals surface area contributed by atoms with Crippen molar-refractivity contribution in [3.63, 3.8) is 0 Å². The number of rotatable bonds is 40. The van der Waals surface area contributed by atoms with E-state index in [1.165, 1.54) is 96.3 Å². The molecule has 1 atom stereocenters. The third-order valence-corrected chi connectivity index (χ3v) is 9.57. The van der Waals surface area contributed by atoms with Crippen molar-refractivity contribution in [2.24, 2.45) is 0 Å². The first-order valence-electron chi connectivity index (χ1n) is 22.5. The molecule has 0 radical (unpaired) electrons. The Balaban J connectivity index is 4.39. The second-order valence-corrected chi connectivity index (χ2v) is 14.9. The molecule has 0 N–H and O–H groups in total. The van der Waals surface area contributed by atoms with E-state index in [0.29, 0.717) is 19.3 Å². The molecule has 0 saturated heterocycles. The van der Waals surface area contributed by atoms with E-state index in [0.717, 1.165) is 89.9 Å². The molecule has 308 valence electrons. The van der Waals surface area contributed by atoms with Gasteiger partial charge in [0.15, 0.2) is 6.10 Å². The summed E-state index contributed by atoms with van der Waals surface area (Å²) >= 11 is 0. The van der Waals surface area contributed by atoms with Gasteiger partial charge in [0, 0.05) is 19.3 Å². The zero-order chi connectivity index (χ0) is 38.7. The highest BCUT2D eigenvalue weighted by Gasteiger charge is 2.19. The van der Waals surface area contributed by atoms with Gasteiger partial charge in [-0.3, -0.25) is 14.4 Å². The van der Waals surface area contributed by atoms with Crippen LogP contribution in [0.25, 0.3) is 0 Å². The highest BCUT2D eigenvalue weighted by Crippen LogP contribution is 2.13. The lowest BCUT2D eigenvalue weighted by Gasteiger charge is -2.18. The predicted molar refractivity (Wildman–Crippen MR) is 224 cm³/mol. The molecular formula is C47H84O6. The number of unbranched alkanes of at least 4 members (excludes halogenated alkanes) is 23. The van der Waals surface area contributed by atoms with E-state index in [1.807, 2.05) is 0 Å². The minimum atomic E-state index is -0.778. The van der Waals surface area contributed by atoms with Crippen LogP contribution in [0, 0.1) is 0 Å². The maximum atomic E-state index is 12.7. The standard InChI is InChI=1S/C47H84O6/c1-4-7-10-13-16-19-22-24-26-28-31-34-37-40-46(49)52-43-44(42-51-45(48)39-36-33-30-27-21-18-15-12-9-6-3)53-47(50)41-38-35-32-29-25-23-20-17-14-11-8-5-2/h12,15,17,19-20,22,44H,4-11,13-14,16,18,21,23-43H2,1-3H3/b15-12-,20-17-,22-19-. The Labute approximate surface area is 327 Å². The smallest absolute Gasteiger partial charge is 0.306 e. The zero-order valence-corrected chi connectivity index (χ0v) is 35.0. The summed E-state index contributed by atoms with van der Waals surface area (Å²) in [5.74, 6) is -0.911. The van der Waals surface area contributed by atoms with Crippen LogP contribution in [0.15, 0.2) is 36.5 Å². The molecular weight excluding hydrogens is 661 g/mol. The first-order chi connectivity index (χ1) is 26.0. The van der Waals surface area contributed by atoms with Gasteiger partial charge in [-0.25, -0.2) is 0 Å². The van der Waals surface area contributed by atoms with Crippen LogP contribution in [-0.4, -0.2) is 37.2 Å². The van der Waals surface area contributed by atoms with Crippen LogP contribution >= 0.6 is 0 Å². The quantitative estimate of drug-likeness (QED) is 0.0269. The summed E-state index contributed by atoms with van der Waals surface area (Å²) in [5, 5.41) is 0. The molecule has 1 unspecified atom stereocenters. The molecule has 0 aromatic rings. The summed E-state index contributed by atoms with van der Waals surface area (Å²) < 4.78 is 16.7. The van der Waals surface area contributed by atoms with E-state index in [2.05, 4.69) is 57.2 Å². The van der Waals surface area contributed by atoms with Gasteiger partial charge in [0.1, 0.15) is 13.2 Å². The molecule has 6 nitrogen and oxygen atoms in total. The highest BCUT2D eigenvalue weighted by molar-refractivity contribution is 5.71. The molecule has 0 aromatic carbocycles. The van der Waals surface area contributed by atoms with Crippen LogP contribution in [0.1, 0.15) is 226 Å². The van der Waals surface area contributed by atoms with Crippen LogP contribution in [-0.2, 0) is 28.6 Å². The molecule has 0 aromatic heterocycles. The third-order valence-electron chi connectivity index (χ3n) is 9.57. The number of esters is 3. The first kappa shape index (κ1) is 50.6. The normalized spacial score (nSPS) is 12.3. The van der Waals surface area contributed by atoms with E-state index < -0.39 is 6.10 Å². The summed E-state index contributed by atoms with van der Waals surface area (Å²) in [5.41, 5.74) is 0. The maximum absolute atomic E-state index is 12.7. The summed E-state index contributed by atoms with van der Waals surface area (Å²) in [4.78, 5) is 37.6. The van der Waals surface area contributed by atoms with Crippen molar-refractivity contribution in [3.05, 3.63) is 36.5 Å². The maximum Gasteiger partial charge on any atom is 0.306 e.